The van der Waals surface area contributed by atoms with Crippen LogP contribution in [0.4, 0.5) is 18.9 Å². The summed E-state index contributed by atoms with van der Waals surface area (Å²) in [5.74, 6) is -2.53. The number of pyridine rings is 1. The molecule has 1 heterocycles. The molecule has 0 aliphatic rings. The van der Waals surface area contributed by atoms with Crippen molar-refractivity contribution in [3.8, 4) is 11.1 Å². The van der Waals surface area contributed by atoms with Crippen molar-refractivity contribution < 1.29 is 22.8 Å². The highest BCUT2D eigenvalue weighted by molar-refractivity contribution is 5.97. The van der Waals surface area contributed by atoms with Crippen LogP contribution in [0.2, 0.25) is 0 Å². The topological polar surface area (TPSA) is 50.3 Å². The molecule has 0 radical (unpaired) electrons. The molecular weight excluding hydrogens is 405 g/mol. The summed E-state index contributed by atoms with van der Waals surface area (Å²) in [6, 6.07) is 11.1. The van der Waals surface area contributed by atoms with Gasteiger partial charge in [-0.05, 0) is 53.4 Å². The van der Waals surface area contributed by atoms with Crippen molar-refractivity contribution in [2.75, 3.05) is 11.9 Å². The molecule has 0 unspecified atom stereocenters. The van der Waals surface area contributed by atoms with Gasteiger partial charge in [-0.15, -0.1) is 0 Å². The molecule has 160 valence electrons. The summed E-state index contributed by atoms with van der Waals surface area (Å²) in [6.07, 6.45) is 1.94. The maximum atomic E-state index is 14.6. The van der Waals surface area contributed by atoms with Crippen molar-refractivity contribution >= 4 is 17.4 Å². The zero-order chi connectivity index (χ0) is 22.5. The van der Waals surface area contributed by atoms with Gasteiger partial charge in [-0.25, -0.2) is 13.8 Å². The molecule has 3 aromatic rings. The standard InChI is InChI=1S/C24H21F3N2O2/c1-3-24(31)29(2)21-9-7-17(13-20(21)26)16-6-8-18(19(25)12-16)22(30)10-4-15-5-11-23(27)28-14-15/h5-9,11-14H,3-4,10H2,1-2H3. The Balaban J connectivity index is 1.75. The summed E-state index contributed by atoms with van der Waals surface area (Å²) in [5, 5.41) is 0. The molecule has 0 N–H and O–H groups in total. The van der Waals surface area contributed by atoms with E-state index in [1.54, 1.807) is 19.1 Å². The number of hydrogen-bond acceptors (Lipinski definition) is 3. The number of rotatable bonds is 7. The normalized spacial score (nSPS) is 10.7. The van der Waals surface area contributed by atoms with E-state index in [2.05, 4.69) is 4.98 Å². The number of carbonyl (C=O) groups is 2. The Morgan fingerprint density at radius 2 is 1.61 bits per heavy atom. The van der Waals surface area contributed by atoms with E-state index in [4.69, 9.17) is 0 Å². The summed E-state index contributed by atoms with van der Waals surface area (Å²) < 4.78 is 42.0. The molecule has 7 heteroatoms. The van der Waals surface area contributed by atoms with Crippen LogP contribution in [0.5, 0.6) is 0 Å². The van der Waals surface area contributed by atoms with Gasteiger partial charge < -0.3 is 4.90 Å². The summed E-state index contributed by atoms with van der Waals surface area (Å²) in [6.45, 7) is 1.69. The first-order valence-electron chi connectivity index (χ1n) is 9.79. The van der Waals surface area contributed by atoms with Crippen LogP contribution in [0.3, 0.4) is 0 Å². The van der Waals surface area contributed by atoms with Crippen LogP contribution in [-0.4, -0.2) is 23.7 Å². The third-order valence-electron chi connectivity index (χ3n) is 5.02. The molecule has 0 atom stereocenters. The van der Waals surface area contributed by atoms with Gasteiger partial charge in [0, 0.05) is 26.1 Å². The maximum Gasteiger partial charge on any atom is 0.226 e. The van der Waals surface area contributed by atoms with Crippen LogP contribution in [0, 0.1) is 17.6 Å². The van der Waals surface area contributed by atoms with Crippen molar-refractivity contribution in [1.29, 1.82) is 0 Å². The van der Waals surface area contributed by atoms with Gasteiger partial charge in [-0.3, -0.25) is 9.59 Å². The number of hydrogen-bond donors (Lipinski definition) is 0. The molecular formula is C24H21F3N2O2. The van der Waals surface area contributed by atoms with Crippen molar-refractivity contribution in [1.82, 2.24) is 4.98 Å². The SMILES string of the molecule is CCC(=O)N(C)c1ccc(-c2ccc(C(=O)CCc3ccc(F)nc3)c(F)c2)cc1F. The largest absolute Gasteiger partial charge is 0.313 e. The van der Waals surface area contributed by atoms with Crippen LogP contribution in [0.1, 0.15) is 35.7 Å². The van der Waals surface area contributed by atoms with E-state index in [0.29, 0.717) is 23.1 Å². The predicted octanol–water partition coefficient (Wildman–Crippen LogP) is 5.35. The number of nitrogens with zero attached hydrogens (tertiary/aromatic N) is 2. The molecule has 0 spiro atoms. The Kier molecular flexibility index (Phi) is 6.84. The van der Waals surface area contributed by atoms with Gasteiger partial charge in [0.2, 0.25) is 11.9 Å². The lowest BCUT2D eigenvalue weighted by atomic mass is 9.99. The van der Waals surface area contributed by atoms with E-state index in [0.717, 1.165) is 0 Å². The number of amides is 1. The summed E-state index contributed by atoms with van der Waals surface area (Å²) >= 11 is 0. The number of benzene rings is 2. The van der Waals surface area contributed by atoms with Crippen molar-refractivity contribution in [2.24, 2.45) is 0 Å². The molecule has 1 aromatic heterocycles. The van der Waals surface area contributed by atoms with E-state index in [-0.39, 0.29) is 30.0 Å². The average molecular weight is 426 g/mol. The third-order valence-corrected chi connectivity index (χ3v) is 5.02. The lowest BCUT2D eigenvalue weighted by Crippen LogP contribution is -2.25. The molecule has 2 aromatic carbocycles. The Labute approximate surface area is 178 Å². The second-order valence-corrected chi connectivity index (χ2v) is 7.08. The summed E-state index contributed by atoms with van der Waals surface area (Å²) in [4.78, 5) is 28.9. The number of aromatic nitrogens is 1. The smallest absolute Gasteiger partial charge is 0.226 e. The Bertz CT molecular complexity index is 1110. The summed E-state index contributed by atoms with van der Waals surface area (Å²) in [7, 11) is 1.49. The monoisotopic (exact) mass is 426 g/mol. The van der Waals surface area contributed by atoms with Crippen LogP contribution in [0.15, 0.2) is 54.7 Å². The minimum Gasteiger partial charge on any atom is -0.313 e. The first-order valence-corrected chi connectivity index (χ1v) is 9.79. The van der Waals surface area contributed by atoms with E-state index in [1.807, 2.05) is 0 Å². The lowest BCUT2D eigenvalue weighted by Gasteiger charge is -2.18. The van der Waals surface area contributed by atoms with E-state index in [9.17, 15) is 22.8 Å². The second-order valence-electron chi connectivity index (χ2n) is 7.08. The van der Waals surface area contributed by atoms with Crippen LogP contribution in [-0.2, 0) is 11.2 Å². The Hall–Kier alpha value is -3.48. The number of aryl methyl sites for hydroxylation is 1. The highest BCUT2D eigenvalue weighted by Gasteiger charge is 2.16. The van der Waals surface area contributed by atoms with Gasteiger partial charge in [-0.1, -0.05) is 25.1 Å². The third kappa shape index (κ3) is 5.17. The lowest BCUT2D eigenvalue weighted by molar-refractivity contribution is -0.118. The molecule has 0 aliphatic heterocycles. The first kappa shape index (κ1) is 22.2. The zero-order valence-electron chi connectivity index (χ0n) is 17.2. The number of carbonyl (C=O) groups excluding carboxylic acids is 2. The highest BCUT2D eigenvalue weighted by atomic mass is 19.1. The molecule has 3 rings (SSSR count). The van der Waals surface area contributed by atoms with Crippen LogP contribution in [0.25, 0.3) is 11.1 Å². The molecule has 0 bridgehead atoms. The Morgan fingerprint density at radius 3 is 2.19 bits per heavy atom. The van der Waals surface area contributed by atoms with Gasteiger partial charge in [0.1, 0.15) is 11.6 Å². The number of halogens is 3. The summed E-state index contributed by atoms with van der Waals surface area (Å²) in [5.41, 5.74) is 1.58. The fourth-order valence-electron chi connectivity index (χ4n) is 3.20. The van der Waals surface area contributed by atoms with E-state index < -0.39 is 23.4 Å². The molecule has 0 aliphatic carbocycles. The molecule has 0 fully saturated rings. The molecule has 31 heavy (non-hydrogen) atoms. The van der Waals surface area contributed by atoms with Crippen molar-refractivity contribution in [2.45, 2.75) is 26.2 Å². The van der Waals surface area contributed by atoms with Gasteiger partial charge in [0.05, 0.1) is 11.3 Å². The van der Waals surface area contributed by atoms with Crippen molar-refractivity contribution in [3.63, 3.8) is 0 Å². The van der Waals surface area contributed by atoms with Gasteiger partial charge >= 0.3 is 0 Å². The molecule has 1 amide bonds. The van der Waals surface area contributed by atoms with Gasteiger partial charge in [0.15, 0.2) is 5.78 Å². The average Bonchev–Trinajstić information content (AvgIpc) is 2.77. The predicted molar refractivity (Wildman–Crippen MR) is 112 cm³/mol. The van der Waals surface area contributed by atoms with E-state index in [1.165, 1.54) is 54.5 Å². The maximum absolute atomic E-state index is 14.6. The minimum absolute atomic E-state index is 0.0463. The number of ketones is 1. The molecule has 4 nitrogen and oxygen atoms in total. The first-order chi connectivity index (χ1) is 14.8. The number of Topliss-reactive ketones (excluding diaryl/α,β-unsaturated/α-hetero) is 1. The van der Waals surface area contributed by atoms with E-state index >= 15 is 0 Å². The van der Waals surface area contributed by atoms with Gasteiger partial charge in [0.25, 0.3) is 0 Å². The van der Waals surface area contributed by atoms with Crippen molar-refractivity contribution in [3.05, 3.63) is 83.4 Å². The molecule has 0 saturated heterocycles. The second kappa shape index (κ2) is 9.55. The molecule has 0 saturated carbocycles. The quantitative estimate of drug-likeness (QED) is 0.378. The Morgan fingerprint density at radius 1 is 0.935 bits per heavy atom. The zero-order valence-corrected chi connectivity index (χ0v) is 17.2. The van der Waals surface area contributed by atoms with Crippen LogP contribution < -0.4 is 4.90 Å². The highest BCUT2D eigenvalue weighted by Crippen LogP contribution is 2.28. The fourth-order valence-corrected chi connectivity index (χ4v) is 3.20. The minimum atomic E-state index is -0.706. The van der Waals surface area contributed by atoms with Gasteiger partial charge in [-0.2, -0.15) is 4.39 Å². The van der Waals surface area contributed by atoms with Crippen LogP contribution >= 0.6 is 0 Å². The number of anilines is 1. The fraction of sp³-hybridized carbons (Fsp3) is 0.208.